The summed E-state index contributed by atoms with van der Waals surface area (Å²) in [6.07, 6.45) is 0.864. The molecule has 0 bridgehead atoms. The van der Waals surface area contributed by atoms with Gasteiger partial charge in [0.2, 0.25) is 0 Å². The van der Waals surface area contributed by atoms with Gasteiger partial charge in [0, 0.05) is 13.2 Å². The third kappa shape index (κ3) is 3.53. The second kappa shape index (κ2) is 5.73. The van der Waals surface area contributed by atoms with Gasteiger partial charge >= 0.3 is 0 Å². The predicted octanol–water partition coefficient (Wildman–Crippen LogP) is 1.73. The molecule has 1 unspecified atom stereocenters. The molecule has 0 saturated heterocycles. The molecule has 1 aromatic rings. The van der Waals surface area contributed by atoms with Crippen molar-refractivity contribution in [3.05, 3.63) is 29.3 Å². The van der Waals surface area contributed by atoms with Gasteiger partial charge in [0.25, 0.3) is 0 Å². The first-order valence-corrected chi connectivity index (χ1v) is 5.07. The maximum Gasteiger partial charge on any atom is 0.119 e. The Bertz CT molecular complexity index is 310. The van der Waals surface area contributed by atoms with Crippen molar-refractivity contribution in [2.24, 2.45) is 5.73 Å². The van der Waals surface area contributed by atoms with Crippen LogP contribution in [0.5, 0.6) is 5.75 Å². The molecule has 84 valence electrons. The van der Waals surface area contributed by atoms with E-state index < -0.39 is 0 Å². The van der Waals surface area contributed by atoms with Crippen LogP contribution in [-0.2, 0) is 17.8 Å². The highest BCUT2D eigenvalue weighted by Crippen LogP contribution is 2.19. The first-order chi connectivity index (χ1) is 7.17. The number of hydrogen-bond donors (Lipinski definition) is 1. The van der Waals surface area contributed by atoms with Crippen molar-refractivity contribution < 1.29 is 9.47 Å². The van der Waals surface area contributed by atoms with E-state index in [2.05, 4.69) is 6.07 Å². The zero-order chi connectivity index (χ0) is 11.3. The lowest BCUT2D eigenvalue weighted by Gasteiger charge is -2.12. The van der Waals surface area contributed by atoms with Gasteiger partial charge in [0.15, 0.2) is 0 Å². The zero-order valence-corrected chi connectivity index (χ0v) is 9.62. The summed E-state index contributed by atoms with van der Waals surface area (Å²) in [5.74, 6) is 0.857. The average Bonchev–Trinajstić information content (AvgIpc) is 2.20. The average molecular weight is 209 g/mol. The lowest BCUT2D eigenvalue weighted by molar-refractivity contribution is 0.183. The first kappa shape index (κ1) is 12.0. The van der Waals surface area contributed by atoms with Crippen molar-refractivity contribution in [3.8, 4) is 5.75 Å². The number of rotatable bonds is 5. The summed E-state index contributed by atoms with van der Waals surface area (Å²) in [6.45, 7) is 2.60. The van der Waals surface area contributed by atoms with Crippen LogP contribution in [-0.4, -0.2) is 20.3 Å². The Balaban J connectivity index is 2.92. The predicted molar refractivity (Wildman–Crippen MR) is 61.1 cm³/mol. The summed E-state index contributed by atoms with van der Waals surface area (Å²) in [5, 5.41) is 0. The fraction of sp³-hybridized carbons (Fsp3) is 0.500. The molecule has 0 amide bonds. The van der Waals surface area contributed by atoms with Gasteiger partial charge in [-0.05, 0) is 36.6 Å². The molecule has 0 aliphatic carbocycles. The van der Waals surface area contributed by atoms with E-state index in [1.54, 1.807) is 14.2 Å². The Kier molecular flexibility index (Phi) is 4.59. The third-order valence-electron chi connectivity index (χ3n) is 2.26. The Morgan fingerprint density at radius 3 is 2.53 bits per heavy atom. The van der Waals surface area contributed by atoms with Gasteiger partial charge in [-0.2, -0.15) is 0 Å². The Labute approximate surface area is 91.2 Å². The zero-order valence-electron chi connectivity index (χ0n) is 9.62. The SMILES string of the molecule is COCc1cc(OC)ccc1CC(C)N. The van der Waals surface area contributed by atoms with E-state index >= 15 is 0 Å². The first-order valence-electron chi connectivity index (χ1n) is 5.07. The van der Waals surface area contributed by atoms with Gasteiger partial charge in [0.05, 0.1) is 13.7 Å². The van der Waals surface area contributed by atoms with Crippen LogP contribution in [0.25, 0.3) is 0 Å². The van der Waals surface area contributed by atoms with Gasteiger partial charge in [-0.3, -0.25) is 0 Å². The van der Waals surface area contributed by atoms with Crippen molar-refractivity contribution in [1.82, 2.24) is 0 Å². The van der Waals surface area contributed by atoms with Crippen LogP contribution in [0.2, 0.25) is 0 Å². The number of hydrogen-bond acceptors (Lipinski definition) is 3. The van der Waals surface area contributed by atoms with E-state index in [1.165, 1.54) is 5.56 Å². The normalized spacial score (nSPS) is 12.5. The Hall–Kier alpha value is -1.06. The van der Waals surface area contributed by atoms with Crippen molar-refractivity contribution in [1.29, 1.82) is 0 Å². The van der Waals surface area contributed by atoms with Crippen molar-refractivity contribution in [2.75, 3.05) is 14.2 Å². The highest BCUT2D eigenvalue weighted by atomic mass is 16.5. The molecule has 0 heterocycles. The molecule has 0 aromatic heterocycles. The highest BCUT2D eigenvalue weighted by molar-refractivity contribution is 5.35. The molecule has 0 aliphatic rings. The van der Waals surface area contributed by atoms with Crippen LogP contribution in [0.1, 0.15) is 18.1 Å². The van der Waals surface area contributed by atoms with E-state index in [1.807, 2.05) is 19.1 Å². The fourth-order valence-electron chi connectivity index (χ4n) is 1.57. The molecular formula is C12H19NO2. The van der Waals surface area contributed by atoms with E-state index in [4.69, 9.17) is 15.2 Å². The summed E-state index contributed by atoms with van der Waals surface area (Å²) in [4.78, 5) is 0. The van der Waals surface area contributed by atoms with Gasteiger partial charge in [-0.25, -0.2) is 0 Å². The van der Waals surface area contributed by atoms with Crippen molar-refractivity contribution in [3.63, 3.8) is 0 Å². The van der Waals surface area contributed by atoms with Crippen molar-refractivity contribution >= 4 is 0 Å². The van der Waals surface area contributed by atoms with Crippen LogP contribution in [0.3, 0.4) is 0 Å². The van der Waals surface area contributed by atoms with Gasteiger partial charge < -0.3 is 15.2 Å². The molecule has 3 nitrogen and oxygen atoms in total. The van der Waals surface area contributed by atoms with Gasteiger partial charge in [0.1, 0.15) is 5.75 Å². The number of methoxy groups -OCH3 is 2. The van der Waals surface area contributed by atoms with Crippen molar-refractivity contribution in [2.45, 2.75) is 26.0 Å². The molecule has 2 N–H and O–H groups in total. The number of ether oxygens (including phenoxy) is 2. The highest BCUT2D eigenvalue weighted by Gasteiger charge is 2.06. The lowest BCUT2D eigenvalue weighted by Crippen LogP contribution is -2.18. The summed E-state index contributed by atoms with van der Waals surface area (Å²) >= 11 is 0. The topological polar surface area (TPSA) is 44.5 Å². The molecule has 15 heavy (non-hydrogen) atoms. The standard InChI is InChI=1S/C12H19NO2/c1-9(13)6-10-4-5-12(15-3)7-11(10)8-14-2/h4-5,7,9H,6,8,13H2,1-3H3. The van der Waals surface area contributed by atoms with Crippen LogP contribution >= 0.6 is 0 Å². The van der Waals surface area contributed by atoms with Crippen LogP contribution in [0.4, 0.5) is 0 Å². The molecular weight excluding hydrogens is 190 g/mol. The molecule has 0 saturated carbocycles. The second-order valence-corrected chi connectivity index (χ2v) is 3.75. The van der Waals surface area contributed by atoms with E-state index in [-0.39, 0.29) is 6.04 Å². The molecule has 0 spiro atoms. The van der Waals surface area contributed by atoms with Crippen LogP contribution in [0.15, 0.2) is 18.2 Å². The van der Waals surface area contributed by atoms with E-state index in [9.17, 15) is 0 Å². The summed E-state index contributed by atoms with van der Waals surface area (Å²) in [7, 11) is 3.35. The van der Waals surface area contributed by atoms with Gasteiger partial charge in [-0.15, -0.1) is 0 Å². The maximum absolute atomic E-state index is 5.79. The van der Waals surface area contributed by atoms with Crippen LogP contribution < -0.4 is 10.5 Å². The number of benzene rings is 1. The van der Waals surface area contributed by atoms with Gasteiger partial charge in [-0.1, -0.05) is 6.07 Å². The minimum Gasteiger partial charge on any atom is -0.497 e. The maximum atomic E-state index is 5.79. The smallest absolute Gasteiger partial charge is 0.119 e. The number of nitrogens with two attached hydrogens (primary N) is 1. The molecule has 1 aromatic carbocycles. The fourth-order valence-corrected chi connectivity index (χ4v) is 1.57. The molecule has 3 heteroatoms. The summed E-state index contributed by atoms with van der Waals surface area (Å²) < 4.78 is 10.3. The van der Waals surface area contributed by atoms with E-state index in [0.29, 0.717) is 6.61 Å². The molecule has 0 fully saturated rings. The summed E-state index contributed by atoms with van der Waals surface area (Å²) in [6, 6.07) is 6.17. The molecule has 0 aliphatic heterocycles. The lowest BCUT2D eigenvalue weighted by atomic mass is 10.0. The van der Waals surface area contributed by atoms with Crippen LogP contribution in [0, 0.1) is 0 Å². The third-order valence-corrected chi connectivity index (χ3v) is 2.26. The second-order valence-electron chi connectivity index (χ2n) is 3.75. The van der Waals surface area contributed by atoms with E-state index in [0.717, 1.165) is 17.7 Å². The largest absolute Gasteiger partial charge is 0.497 e. The molecule has 0 radical (unpaired) electrons. The minimum absolute atomic E-state index is 0.161. The Morgan fingerprint density at radius 2 is 2.00 bits per heavy atom. The quantitative estimate of drug-likeness (QED) is 0.803. The Morgan fingerprint density at radius 1 is 1.27 bits per heavy atom. The molecule has 1 rings (SSSR count). The minimum atomic E-state index is 0.161. The molecule has 1 atom stereocenters. The monoisotopic (exact) mass is 209 g/mol. The summed E-state index contributed by atoms with van der Waals surface area (Å²) in [5.41, 5.74) is 8.16.